The minimum atomic E-state index is -0.253. The van der Waals surface area contributed by atoms with E-state index in [-0.39, 0.29) is 11.8 Å². The molecule has 0 fully saturated rings. The highest BCUT2D eigenvalue weighted by atomic mass is 16.2. The Bertz CT molecular complexity index is 1220. The largest absolute Gasteiger partial charge is 0.355 e. The molecule has 4 rings (SSSR count). The fourth-order valence-electron chi connectivity index (χ4n) is 3.02. The molecule has 0 bridgehead atoms. The third-order valence-electron chi connectivity index (χ3n) is 4.79. The molecule has 0 atom stereocenters. The standard InChI is InChI=1S/C25H21N5O2/c1-17-16-27-15-12-23(17)30-25(32)19-4-2-18(3-5-19)24(31)29-21-8-6-20(7-9-21)28-22-10-13-26-14-11-22/h2-16H,1H3,(H,26,28)(H,29,31)(H,27,30,32). The fraction of sp³-hybridized carbons (Fsp3) is 0.0400. The van der Waals surface area contributed by atoms with Gasteiger partial charge in [-0.15, -0.1) is 0 Å². The molecule has 0 aliphatic rings. The van der Waals surface area contributed by atoms with Gasteiger partial charge >= 0.3 is 0 Å². The van der Waals surface area contributed by atoms with E-state index in [4.69, 9.17) is 0 Å². The molecule has 2 heterocycles. The zero-order chi connectivity index (χ0) is 22.3. The smallest absolute Gasteiger partial charge is 0.255 e. The highest BCUT2D eigenvalue weighted by molar-refractivity contribution is 6.07. The third kappa shape index (κ3) is 5.14. The second-order valence-corrected chi connectivity index (χ2v) is 7.11. The van der Waals surface area contributed by atoms with Crippen LogP contribution in [0.15, 0.2) is 91.5 Å². The van der Waals surface area contributed by atoms with Gasteiger partial charge in [0.1, 0.15) is 0 Å². The molecule has 32 heavy (non-hydrogen) atoms. The minimum absolute atomic E-state index is 0.247. The van der Waals surface area contributed by atoms with Crippen molar-refractivity contribution in [1.29, 1.82) is 0 Å². The lowest BCUT2D eigenvalue weighted by molar-refractivity contribution is 0.101. The molecule has 0 unspecified atom stereocenters. The number of nitrogens with one attached hydrogen (secondary N) is 3. The molecule has 158 valence electrons. The number of nitrogens with zero attached hydrogens (tertiary/aromatic N) is 2. The van der Waals surface area contributed by atoms with Gasteiger partial charge in [-0.05, 0) is 79.2 Å². The number of hydrogen-bond donors (Lipinski definition) is 3. The monoisotopic (exact) mass is 423 g/mol. The van der Waals surface area contributed by atoms with Gasteiger partial charge in [-0.1, -0.05) is 0 Å². The Labute approximate surface area is 185 Å². The van der Waals surface area contributed by atoms with Gasteiger partial charge in [0.05, 0.1) is 0 Å². The highest BCUT2D eigenvalue weighted by Crippen LogP contribution is 2.19. The van der Waals surface area contributed by atoms with Crippen molar-refractivity contribution in [3.05, 3.63) is 108 Å². The van der Waals surface area contributed by atoms with Crippen LogP contribution >= 0.6 is 0 Å². The first-order valence-corrected chi connectivity index (χ1v) is 9.99. The van der Waals surface area contributed by atoms with E-state index in [1.807, 2.05) is 43.3 Å². The van der Waals surface area contributed by atoms with E-state index in [1.54, 1.807) is 55.1 Å². The van der Waals surface area contributed by atoms with E-state index in [0.29, 0.717) is 22.5 Å². The van der Waals surface area contributed by atoms with Crippen molar-refractivity contribution in [2.24, 2.45) is 0 Å². The number of aryl methyl sites for hydroxylation is 1. The second kappa shape index (κ2) is 9.53. The Morgan fingerprint density at radius 1 is 0.625 bits per heavy atom. The molecular formula is C25H21N5O2. The maximum Gasteiger partial charge on any atom is 0.255 e. The average Bonchev–Trinajstić information content (AvgIpc) is 2.82. The summed E-state index contributed by atoms with van der Waals surface area (Å²) >= 11 is 0. The Kier molecular flexibility index (Phi) is 6.17. The summed E-state index contributed by atoms with van der Waals surface area (Å²) in [4.78, 5) is 33.0. The number of hydrogen-bond acceptors (Lipinski definition) is 5. The van der Waals surface area contributed by atoms with Gasteiger partial charge in [0.25, 0.3) is 11.8 Å². The van der Waals surface area contributed by atoms with E-state index in [2.05, 4.69) is 25.9 Å². The number of benzene rings is 2. The van der Waals surface area contributed by atoms with Crippen molar-refractivity contribution < 1.29 is 9.59 Å². The molecule has 2 amide bonds. The number of amides is 2. The van der Waals surface area contributed by atoms with E-state index in [1.165, 1.54) is 0 Å². The molecule has 3 N–H and O–H groups in total. The first kappa shape index (κ1) is 20.7. The molecule has 4 aromatic rings. The average molecular weight is 423 g/mol. The number of carbonyl (C=O) groups is 2. The molecule has 0 aliphatic carbocycles. The SMILES string of the molecule is Cc1cnccc1NC(=O)c1ccc(C(=O)Nc2ccc(Nc3ccncc3)cc2)cc1. The lowest BCUT2D eigenvalue weighted by atomic mass is 10.1. The molecule has 2 aromatic heterocycles. The Morgan fingerprint density at radius 3 is 1.78 bits per heavy atom. The van der Waals surface area contributed by atoms with Crippen LogP contribution in [0.25, 0.3) is 0 Å². The zero-order valence-electron chi connectivity index (χ0n) is 17.4. The topological polar surface area (TPSA) is 96.0 Å². The predicted molar refractivity (Wildman–Crippen MR) is 125 cm³/mol. The van der Waals surface area contributed by atoms with E-state index in [0.717, 1.165) is 16.9 Å². The molecule has 0 spiro atoms. The van der Waals surface area contributed by atoms with Crippen LogP contribution in [0, 0.1) is 6.92 Å². The molecule has 0 aliphatic heterocycles. The van der Waals surface area contributed by atoms with Crippen LogP contribution in [0.5, 0.6) is 0 Å². The summed E-state index contributed by atoms with van der Waals surface area (Å²) in [7, 11) is 0. The Hall–Kier alpha value is -4.52. The van der Waals surface area contributed by atoms with Crippen molar-refractivity contribution in [2.45, 2.75) is 6.92 Å². The van der Waals surface area contributed by atoms with Crippen LogP contribution in [0.3, 0.4) is 0 Å². The summed E-state index contributed by atoms with van der Waals surface area (Å²) in [5.74, 6) is -0.500. The summed E-state index contributed by atoms with van der Waals surface area (Å²) in [6.07, 6.45) is 6.74. The molecule has 7 nitrogen and oxygen atoms in total. The molecule has 0 radical (unpaired) electrons. The fourth-order valence-corrected chi connectivity index (χ4v) is 3.02. The van der Waals surface area contributed by atoms with Crippen LogP contribution < -0.4 is 16.0 Å². The summed E-state index contributed by atoms with van der Waals surface area (Å²) in [5, 5.41) is 8.97. The quantitative estimate of drug-likeness (QED) is 0.404. The second-order valence-electron chi connectivity index (χ2n) is 7.11. The van der Waals surface area contributed by atoms with Crippen LogP contribution in [0.1, 0.15) is 26.3 Å². The lowest BCUT2D eigenvalue weighted by Gasteiger charge is -2.10. The number of rotatable bonds is 6. The first-order chi connectivity index (χ1) is 15.6. The van der Waals surface area contributed by atoms with Gasteiger partial charge in [0, 0.05) is 58.7 Å². The van der Waals surface area contributed by atoms with Gasteiger partial charge in [-0.2, -0.15) is 0 Å². The van der Waals surface area contributed by atoms with Crippen LogP contribution in [0.4, 0.5) is 22.7 Å². The van der Waals surface area contributed by atoms with E-state index >= 15 is 0 Å². The number of pyridine rings is 2. The van der Waals surface area contributed by atoms with Gasteiger partial charge in [-0.25, -0.2) is 0 Å². The van der Waals surface area contributed by atoms with Gasteiger partial charge < -0.3 is 16.0 Å². The minimum Gasteiger partial charge on any atom is -0.355 e. The predicted octanol–water partition coefficient (Wildman–Crippen LogP) is 5.03. The Balaban J connectivity index is 1.36. The molecular weight excluding hydrogens is 402 g/mol. The number of anilines is 4. The normalized spacial score (nSPS) is 10.3. The van der Waals surface area contributed by atoms with Crippen molar-refractivity contribution in [3.63, 3.8) is 0 Å². The van der Waals surface area contributed by atoms with Crippen molar-refractivity contribution in [1.82, 2.24) is 9.97 Å². The zero-order valence-corrected chi connectivity index (χ0v) is 17.4. The molecule has 0 saturated carbocycles. The lowest BCUT2D eigenvalue weighted by Crippen LogP contribution is -2.14. The first-order valence-electron chi connectivity index (χ1n) is 9.99. The summed E-state index contributed by atoms with van der Waals surface area (Å²) in [6, 6.07) is 19.4. The maximum atomic E-state index is 12.6. The van der Waals surface area contributed by atoms with Crippen LogP contribution in [0.2, 0.25) is 0 Å². The molecule has 0 saturated heterocycles. The third-order valence-corrected chi connectivity index (χ3v) is 4.79. The van der Waals surface area contributed by atoms with Crippen molar-refractivity contribution >= 4 is 34.6 Å². The van der Waals surface area contributed by atoms with Crippen LogP contribution in [-0.2, 0) is 0 Å². The van der Waals surface area contributed by atoms with Gasteiger partial charge in [0.2, 0.25) is 0 Å². The van der Waals surface area contributed by atoms with E-state index in [9.17, 15) is 9.59 Å². The summed E-state index contributed by atoms with van der Waals surface area (Å²) in [5.41, 5.74) is 5.00. The number of carbonyl (C=O) groups excluding carboxylic acids is 2. The molecule has 2 aromatic carbocycles. The van der Waals surface area contributed by atoms with Crippen LogP contribution in [-0.4, -0.2) is 21.8 Å². The maximum absolute atomic E-state index is 12.6. The van der Waals surface area contributed by atoms with Crippen molar-refractivity contribution in [3.8, 4) is 0 Å². The Morgan fingerprint density at radius 2 is 1.16 bits per heavy atom. The summed E-state index contributed by atoms with van der Waals surface area (Å²) < 4.78 is 0. The highest BCUT2D eigenvalue weighted by Gasteiger charge is 2.11. The van der Waals surface area contributed by atoms with E-state index < -0.39 is 0 Å². The summed E-state index contributed by atoms with van der Waals surface area (Å²) in [6.45, 7) is 1.87. The number of aromatic nitrogens is 2. The van der Waals surface area contributed by atoms with Gasteiger partial charge in [0.15, 0.2) is 0 Å². The van der Waals surface area contributed by atoms with Gasteiger partial charge in [-0.3, -0.25) is 19.6 Å². The molecule has 7 heteroatoms. The van der Waals surface area contributed by atoms with Crippen molar-refractivity contribution in [2.75, 3.05) is 16.0 Å².